The van der Waals surface area contributed by atoms with Crippen molar-refractivity contribution in [3.63, 3.8) is 0 Å². The molecule has 0 bridgehead atoms. The lowest BCUT2D eigenvalue weighted by Crippen LogP contribution is -2.25. The molecule has 1 heteroatoms. The van der Waals surface area contributed by atoms with Crippen LogP contribution in [0.1, 0.15) is 128 Å². The van der Waals surface area contributed by atoms with E-state index in [9.17, 15) is 0 Å². The summed E-state index contributed by atoms with van der Waals surface area (Å²) in [7, 11) is 0. The first-order valence-electron chi connectivity index (χ1n) is 17.7. The van der Waals surface area contributed by atoms with Crippen molar-refractivity contribution in [1.29, 1.82) is 0 Å². The van der Waals surface area contributed by atoms with Gasteiger partial charge in [-0.3, -0.25) is 0 Å². The van der Waals surface area contributed by atoms with E-state index in [1.807, 2.05) is 0 Å². The fourth-order valence-corrected chi connectivity index (χ4v) is 7.54. The zero-order valence-electron chi connectivity index (χ0n) is 28.1. The van der Waals surface area contributed by atoms with E-state index in [4.69, 9.17) is 0 Å². The zero-order chi connectivity index (χ0) is 31.0. The highest BCUT2D eigenvalue weighted by atomic mass is 14.9. The molecular formula is C43H55N. The smallest absolute Gasteiger partial charge is 0.0387 e. The molecule has 5 rings (SSSR count). The summed E-state index contributed by atoms with van der Waals surface area (Å²) < 4.78 is 0. The molecular weight excluding hydrogens is 530 g/mol. The molecule has 0 saturated carbocycles. The molecule has 1 nitrogen and oxygen atoms in total. The Kier molecular flexibility index (Phi) is 10.7. The number of rotatable bonds is 16. The molecule has 0 aromatic heterocycles. The second kappa shape index (κ2) is 14.6. The van der Waals surface area contributed by atoms with Crippen molar-refractivity contribution in [3.05, 3.63) is 108 Å². The molecule has 4 aromatic rings. The van der Waals surface area contributed by atoms with Gasteiger partial charge in [-0.15, -0.1) is 0 Å². The maximum Gasteiger partial charge on any atom is 0.0387 e. The molecule has 0 aliphatic heterocycles. The molecule has 1 N–H and O–H groups in total. The van der Waals surface area contributed by atoms with Crippen molar-refractivity contribution in [2.75, 3.05) is 5.32 Å². The first kappa shape index (κ1) is 32.1. The van der Waals surface area contributed by atoms with Crippen LogP contribution >= 0.6 is 0 Å². The van der Waals surface area contributed by atoms with E-state index in [2.05, 4.69) is 131 Å². The average Bonchev–Trinajstić information content (AvgIpc) is 3.34. The second-order valence-electron chi connectivity index (χ2n) is 13.6. The van der Waals surface area contributed by atoms with Gasteiger partial charge in [0.1, 0.15) is 0 Å². The minimum Gasteiger partial charge on any atom is -0.356 e. The van der Waals surface area contributed by atoms with Crippen LogP contribution in [0.5, 0.6) is 0 Å². The number of benzene rings is 4. The largest absolute Gasteiger partial charge is 0.356 e. The Labute approximate surface area is 268 Å². The van der Waals surface area contributed by atoms with Crippen LogP contribution in [0.25, 0.3) is 22.3 Å². The maximum atomic E-state index is 3.77. The van der Waals surface area contributed by atoms with Crippen LogP contribution in [-0.4, -0.2) is 0 Å². The van der Waals surface area contributed by atoms with Gasteiger partial charge in [0.15, 0.2) is 0 Å². The molecule has 0 spiro atoms. The number of unbranched alkanes of at least 4 members (excludes halogenated alkanes) is 6. The quantitative estimate of drug-likeness (QED) is 0.129. The summed E-state index contributed by atoms with van der Waals surface area (Å²) in [5.41, 5.74) is 12.7. The van der Waals surface area contributed by atoms with Crippen LogP contribution in [0, 0.1) is 0 Å². The monoisotopic (exact) mass is 585 g/mol. The Hall–Kier alpha value is -3.32. The van der Waals surface area contributed by atoms with Crippen LogP contribution in [0.4, 0.5) is 11.4 Å². The van der Waals surface area contributed by atoms with Crippen LogP contribution in [0.3, 0.4) is 0 Å². The number of hydrogen-bond acceptors (Lipinski definition) is 1. The van der Waals surface area contributed by atoms with E-state index in [-0.39, 0.29) is 10.8 Å². The topological polar surface area (TPSA) is 12.0 Å². The van der Waals surface area contributed by atoms with Gasteiger partial charge in [-0.2, -0.15) is 0 Å². The summed E-state index contributed by atoms with van der Waals surface area (Å²) in [6.07, 6.45) is 15.3. The van der Waals surface area contributed by atoms with Gasteiger partial charge in [-0.25, -0.2) is 0 Å². The van der Waals surface area contributed by atoms with Crippen LogP contribution in [0.15, 0.2) is 91.0 Å². The number of nitrogens with one attached hydrogen (secondary N) is 1. The molecule has 0 unspecified atom stereocenters. The fourth-order valence-electron chi connectivity index (χ4n) is 7.54. The lowest BCUT2D eigenvalue weighted by molar-refractivity contribution is 0.401. The standard InChI is InChI=1S/C43H55N/c1-6-10-12-16-30-43(31-17-13-11-7-2)40-19-15-14-18-38(40)39-29-28-37(32-41(39)43)44-36-26-22-34(23-27-36)33-20-24-35(25-21-33)42(5,8-3)9-4/h14-15,18-29,32,44H,6-13,16-17,30-31H2,1-5H3. The summed E-state index contributed by atoms with van der Waals surface area (Å²) in [5.74, 6) is 0. The predicted octanol–water partition coefficient (Wildman–Crippen LogP) is 13.4. The number of anilines is 2. The predicted molar refractivity (Wildman–Crippen MR) is 193 cm³/mol. The Morgan fingerprint density at radius 3 is 1.68 bits per heavy atom. The van der Waals surface area contributed by atoms with Gasteiger partial charge < -0.3 is 5.32 Å². The van der Waals surface area contributed by atoms with Gasteiger partial charge in [-0.05, 0) is 94.3 Å². The fraction of sp³-hybridized carbons (Fsp3) is 0.442. The van der Waals surface area contributed by atoms with Gasteiger partial charge in [0, 0.05) is 16.8 Å². The Morgan fingerprint density at radius 1 is 0.545 bits per heavy atom. The van der Waals surface area contributed by atoms with Crippen molar-refractivity contribution >= 4 is 11.4 Å². The molecule has 1 aliphatic rings. The molecule has 0 fully saturated rings. The third-order valence-electron chi connectivity index (χ3n) is 10.8. The molecule has 0 saturated heterocycles. The second-order valence-corrected chi connectivity index (χ2v) is 13.6. The van der Waals surface area contributed by atoms with E-state index in [1.165, 1.54) is 97.7 Å². The highest BCUT2D eigenvalue weighted by Gasteiger charge is 2.42. The SMILES string of the molecule is CCCCCCC1(CCCCCC)c2ccccc2-c2ccc(Nc3ccc(-c4ccc(C(C)(CC)CC)cc4)cc3)cc21. The first-order valence-corrected chi connectivity index (χ1v) is 17.7. The van der Waals surface area contributed by atoms with Crippen molar-refractivity contribution < 1.29 is 0 Å². The molecule has 0 radical (unpaired) electrons. The van der Waals surface area contributed by atoms with E-state index < -0.39 is 0 Å². The van der Waals surface area contributed by atoms with Crippen LogP contribution in [0.2, 0.25) is 0 Å². The zero-order valence-corrected chi connectivity index (χ0v) is 28.1. The van der Waals surface area contributed by atoms with Crippen molar-refractivity contribution in [1.82, 2.24) is 0 Å². The molecule has 4 aromatic carbocycles. The minimum atomic E-state index is 0.118. The minimum absolute atomic E-state index is 0.118. The average molecular weight is 586 g/mol. The van der Waals surface area contributed by atoms with Crippen LogP contribution in [-0.2, 0) is 10.8 Å². The summed E-state index contributed by atoms with van der Waals surface area (Å²) in [5, 5.41) is 3.77. The van der Waals surface area contributed by atoms with Crippen molar-refractivity contribution in [2.24, 2.45) is 0 Å². The summed E-state index contributed by atoms with van der Waals surface area (Å²) >= 11 is 0. The lowest BCUT2D eigenvalue weighted by Gasteiger charge is -2.33. The highest BCUT2D eigenvalue weighted by molar-refractivity contribution is 5.83. The molecule has 0 amide bonds. The Bertz CT molecular complexity index is 1460. The molecule has 1 aliphatic carbocycles. The van der Waals surface area contributed by atoms with E-state index in [1.54, 1.807) is 11.1 Å². The van der Waals surface area contributed by atoms with E-state index in [0.29, 0.717) is 0 Å². The third-order valence-corrected chi connectivity index (χ3v) is 10.8. The molecule has 232 valence electrons. The number of hydrogen-bond donors (Lipinski definition) is 1. The van der Waals surface area contributed by atoms with Crippen LogP contribution < -0.4 is 5.32 Å². The van der Waals surface area contributed by atoms with E-state index >= 15 is 0 Å². The molecule has 0 heterocycles. The summed E-state index contributed by atoms with van der Waals surface area (Å²) in [6.45, 7) is 11.6. The van der Waals surface area contributed by atoms with Crippen molar-refractivity contribution in [2.45, 2.75) is 122 Å². The van der Waals surface area contributed by atoms with Gasteiger partial charge in [-0.1, -0.05) is 153 Å². The van der Waals surface area contributed by atoms with Gasteiger partial charge in [0.25, 0.3) is 0 Å². The van der Waals surface area contributed by atoms with Crippen molar-refractivity contribution in [3.8, 4) is 22.3 Å². The Balaban J connectivity index is 1.40. The maximum absolute atomic E-state index is 3.77. The molecule has 44 heavy (non-hydrogen) atoms. The summed E-state index contributed by atoms with van der Waals surface area (Å²) in [4.78, 5) is 0. The van der Waals surface area contributed by atoms with E-state index in [0.717, 1.165) is 18.5 Å². The highest BCUT2D eigenvalue weighted by Crippen LogP contribution is 2.54. The summed E-state index contributed by atoms with van der Waals surface area (Å²) in [6, 6.07) is 34.6. The van der Waals surface area contributed by atoms with Gasteiger partial charge in [0.05, 0.1) is 0 Å². The molecule has 0 atom stereocenters. The number of fused-ring (bicyclic) bond motifs is 3. The van der Waals surface area contributed by atoms with Gasteiger partial charge in [0.2, 0.25) is 0 Å². The Morgan fingerprint density at radius 2 is 1.09 bits per heavy atom. The first-order chi connectivity index (χ1) is 21.5. The normalized spacial score (nSPS) is 13.5. The lowest BCUT2D eigenvalue weighted by atomic mass is 9.70. The van der Waals surface area contributed by atoms with Gasteiger partial charge >= 0.3 is 0 Å². The third kappa shape index (κ3) is 6.68.